The number of nitrogens with two attached hydrogens (primary N) is 1. The van der Waals surface area contributed by atoms with E-state index in [4.69, 9.17) is 26.8 Å². The summed E-state index contributed by atoms with van der Waals surface area (Å²) in [6, 6.07) is 11.2. The van der Waals surface area contributed by atoms with E-state index in [0.717, 1.165) is 35.1 Å². The molecule has 1 aromatic heterocycles. The first-order valence-corrected chi connectivity index (χ1v) is 11.3. The molecule has 4 rings (SSSR count). The van der Waals surface area contributed by atoms with Crippen LogP contribution in [0.15, 0.2) is 77.1 Å². The Morgan fingerprint density at radius 1 is 1.18 bits per heavy atom. The van der Waals surface area contributed by atoms with Crippen molar-refractivity contribution in [3.8, 4) is 5.75 Å². The first-order valence-electron chi connectivity index (χ1n) is 10.9. The van der Waals surface area contributed by atoms with Crippen molar-refractivity contribution >= 4 is 51.4 Å². The van der Waals surface area contributed by atoms with Gasteiger partial charge >= 0.3 is 0 Å². The molecular formula is C25H25ClN6O2. The average Bonchev–Trinajstić information content (AvgIpc) is 3.11. The molecule has 2 aromatic carbocycles. The number of amidine groups is 1. The van der Waals surface area contributed by atoms with E-state index in [1.165, 1.54) is 6.33 Å². The molecule has 0 radical (unpaired) electrons. The van der Waals surface area contributed by atoms with Gasteiger partial charge in [-0.05, 0) is 48.9 Å². The van der Waals surface area contributed by atoms with Gasteiger partial charge in [0.05, 0.1) is 28.5 Å². The second-order valence-electron chi connectivity index (χ2n) is 7.45. The lowest BCUT2D eigenvalue weighted by atomic mass is 10.2. The van der Waals surface area contributed by atoms with Crippen LogP contribution in [0.1, 0.15) is 19.8 Å². The van der Waals surface area contributed by atoms with E-state index in [0.29, 0.717) is 35.5 Å². The number of hydrogen-bond acceptors (Lipinski definition) is 7. The van der Waals surface area contributed by atoms with Gasteiger partial charge in [0.25, 0.3) is 6.02 Å². The van der Waals surface area contributed by atoms with Crippen LogP contribution in [0, 0.1) is 0 Å². The molecule has 0 amide bonds. The molecule has 0 fully saturated rings. The van der Waals surface area contributed by atoms with Crippen LogP contribution < -0.4 is 15.8 Å². The number of rotatable bonds is 8. The predicted molar refractivity (Wildman–Crippen MR) is 138 cm³/mol. The van der Waals surface area contributed by atoms with Crippen LogP contribution in [0.25, 0.3) is 10.9 Å². The quantitative estimate of drug-likeness (QED) is 0.319. The summed E-state index contributed by atoms with van der Waals surface area (Å²) >= 11 is 6.48. The first kappa shape index (κ1) is 23.3. The fourth-order valence-electron chi connectivity index (χ4n) is 3.20. The third-order valence-corrected chi connectivity index (χ3v) is 5.14. The molecule has 2 heterocycles. The molecule has 0 unspecified atom stereocenters. The number of hydrogen-bond donors (Lipinski definition) is 2. The van der Waals surface area contributed by atoms with Gasteiger partial charge in [0.1, 0.15) is 24.5 Å². The Kier molecular flexibility index (Phi) is 7.72. The zero-order chi connectivity index (χ0) is 23.8. The minimum absolute atomic E-state index is 0.122. The molecule has 0 saturated carbocycles. The van der Waals surface area contributed by atoms with E-state index in [-0.39, 0.29) is 6.02 Å². The molecule has 0 spiro atoms. The van der Waals surface area contributed by atoms with Crippen LogP contribution in [-0.2, 0) is 4.74 Å². The monoisotopic (exact) mass is 476 g/mol. The van der Waals surface area contributed by atoms with Crippen molar-refractivity contribution in [3.63, 3.8) is 0 Å². The Balaban J connectivity index is 1.51. The zero-order valence-corrected chi connectivity index (χ0v) is 19.5. The number of allylic oxidation sites excluding steroid dienone is 3. The van der Waals surface area contributed by atoms with E-state index in [1.807, 2.05) is 55.5 Å². The fraction of sp³-hybridized carbons (Fsp3) is 0.200. The van der Waals surface area contributed by atoms with E-state index in [1.54, 1.807) is 12.3 Å². The highest BCUT2D eigenvalue weighted by molar-refractivity contribution is 6.32. The van der Waals surface area contributed by atoms with Gasteiger partial charge in [0.15, 0.2) is 0 Å². The van der Waals surface area contributed by atoms with Crippen LogP contribution in [-0.4, -0.2) is 34.9 Å². The van der Waals surface area contributed by atoms with Gasteiger partial charge in [-0.25, -0.2) is 9.97 Å². The number of nitrogens with zero attached hydrogens (tertiary/aromatic N) is 4. The van der Waals surface area contributed by atoms with E-state index in [2.05, 4.69) is 25.3 Å². The second-order valence-corrected chi connectivity index (χ2v) is 7.86. The number of fused-ring (bicyclic) bond motifs is 1. The lowest BCUT2D eigenvalue weighted by molar-refractivity contribution is 0.300. The van der Waals surface area contributed by atoms with Crippen LogP contribution >= 0.6 is 11.6 Å². The molecular weight excluding hydrogens is 452 g/mol. The summed E-state index contributed by atoms with van der Waals surface area (Å²) in [4.78, 5) is 17.4. The molecule has 3 aromatic rings. The maximum Gasteiger partial charge on any atom is 0.287 e. The number of nitrogens with one attached hydrogen (secondary N) is 1. The second kappa shape index (κ2) is 11.3. The van der Waals surface area contributed by atoms with Crippen molar-refractivity contribution < 1.29 is 9.47 Å². The molecule has 0 aliphatic carbocycles. The fourth-order valence-corrected chi connectivity index (χ4v) is 3.44. The summed E-state index contributed by atoms with van der Waals surface area (Å²) in [5.74, 6) is 1.20. The van der Waals surface area contributed by atoms with Crippen molar-refractivity contribution in [2.24, 2.45) is 15.7 Å². The maximum absolute atomic E-state index is 6.48. The van der Waals surface area contributed by atoms with E-state index < -0.39 is 0 Å². The van der Waals surface area contributed by atoms with Gasteiger partial charge in [-0.15, -0.1) is 0 Å². The van der Waals surface area contributed by atoms with Crippen LogP contribution in [0.4, 0.5) is 17.2 Å². The summed E-state index contributed by atoms with van der Waals surface area (Å²) in [6.45, 7) is 2.89. The largest absolute Gasteiger partial charge is 0.486 e. The van der Waals surface area contributed by atoms with Gasteiger partial charge in [-0.1, -0.05) is 30.7 Å². The standard InChI is InChI=1S/C25H25ClN6O2/c1-2-12-33-25(27)32-17-7-9-22-20(13-17)24(30-16-29-22)31-18-8-10-23(21(26)14-18)34-15-19-6-4-3-5-11-28-19/h3-5,7-11,13-14,16H,2,6,12,15H2,1H3,(H2,27,32)(H,29,30,31). The van der Waals surface area contributed by atoms with Crippen molar-refractivity contribution in [3.05, 3.63) is 72.2 Å². The van der Waals surface area contributed by atoms with Crippen molar-refractivity contribution in [1.82, 2.24) is 9.97 Å². The van der Waals surface area contributed by atoms with Crippen molar-refractivity contribution in [1.29, 1.82) is 0 Å². The number of ether oxygens (including phenoxy) is 2. The highest BCUT2D eigenvalue weighted by Gasteiger charge is 2.09. The Bertz CT molecular complexity index is 1290. The number of anilines is 2. The molecule has 0 saturated heterocycles. The highest BCUT2D eigenvalue weighted by atomic mass is 35.5. The lowest BCUT2D eigenvalue weighted by Gasteiger charge is -2.12. The molecule has 9 heteroatoms. The van der Waals surface area contributed by atoms with Crippen molar-refractivity contribution in [2.45, 2.75) is 19.8 Å². The average molecular weight is 477 g/mol. The SMILES string of the molecule is CCCOC(N)=Nc1ccc2ncnc(Nc3ccc(OCC4=NC=CC=CC4)c(Cl)c3)c2c1. The van der Waals surface area contributed by atoms with Crippen molar-refractivity contribution in [2.75, 3.05) is 18.5 Å². The first-order chi connectivity index (χ1) is 16.6. The summed E-state index contributed by atoms with van der Waals surface area (Å²) < 4.78 is 11.2. The summed E-state index contributed by atoms with van der Waals surface area (Å²) in [5, 5.41) is 4.57. The molecule has 3 N–H and O–H groups in total. The number of halogens is 1. The van der Waals surface area contributed by atoms with Crippen LogP contribution in [0.2, 0.25) is 5.02 Å². The molecule has 1 aliphatic heterocycles. The predicted octanol–water partition coefficient (Wildman–Crippen LogP) is 5.69. The summed E-state index contributed by atoms with van der Waals surface area (Å²) in [6.07, 6.45) is 10.7. The van der Waals surface area contributed by atoms with Gasteiger partial charge in [0.2, 0.25) is 0 Å². The number of aromatic nitrogens is 2. The summed E-state index contributed by atoms with van der Waals surface area (Å²) in [5.41, 5.74) is 8.95. The molecule has 1 aliphatic rings. The maximum atomic E-state index is 6.48. The van der Waals surface area contributed by atoms with Gasteiger partial charge in [-0.3, -0.25) is 4.99 Å². The molecule has 8 nitrogen and oxygen atoms in total. The molecule has 0 atom stereocenters. The van der Waals surface area contributed by atoms with Gasteiger partial charge < -0.3 is 20.5 Å². The molecule has 174 valence electrons. The zero-order valence-electron chi connectivity index (χ0n) is 18.7. The topological polar surface area (TPSA) is 107 Å². The molecule has 0 bridgehead atoms. The van der Waals surface area contributed by atoms with Gasteiger partial charge in [0, 0.05) is 23.7 Å². The number of aliphatic imine (C=N–C) groups is 2. The smallest absolute Gasteiger partial charge is 0.287 e. The Labute approximate surface area is 202 Å². The highest BCUT2D eigenvalue weighted by Crippen LogP contribution is 2.31. The Morgan fingerprint density at radius 3 is 2.94 bits per heavy atom. The van der Waals surface area contributed by atoms with Crippen LogP contribution in [0.3, 0.4) is 0 Å². The number of benzene rings is 2. The van der Waals surface area contributed by atoms with Crippen LogP contribution in [0.5, 0.6) is 5.75 Å². The Hall–Kier alpha value is -3.91. The Morgan fingerprint density at radius 2 is 2.09 bits per heavy atom. The normalized spacial score (nSPS) is 13.5. The lowest BCUT2D eigenvalue weighted by Crippen LogP contribution is -2.16. The van der Waals surface area contributed by atoms with E-state index in [9.17, 15) is 0 Å². The third-order valence-electron chi connectivity index (χ3n) is 4.85. The van der Waals surface area contributed by atoms with Gasteiger partial charge in [-0.2, -0.15) is 4.99 Å². The third kappa shape index (κ3) is 6.11. The minimum atomic E-state index is 0.122. The van der Waals surface area contributed by atoms with E-state index >= 15 is 0 Å². The summed E-state index contributed by atoms with van der Waals surface area (Å²) in [7, 11) is 0. The minimum Gasteiger partial charge on any atom is -0.486 e. The molecule has 34 heavy (non-hydrogen) atoms.